The molecule has 0 fully saturated rings. The van der Waals surface area contributed by atoms with Gasteiger partial charge in [0.2, 0.25) is 0 Å². The molecule has 0 bridgehead atoms. The maximum atomic E-state index is 2.57. The lowest BCUT2D eigenvalue weighted by atomic mass is 9.33. The van der Waals surface area contributed by atoms with E-state index in [4.69, 9.17) is 0 Å². The quantitative estimate of drug-likeness (QED) is 0.163. The first-order valence-corrected chi connectivity index (χ1v) is 27.7. The van der Waals surface area contributed by atoms with Crippen molar-refractivity contribution in [1.29, 1.82) is 0 Å². The summed E-state index contributed by atoms with van der Waals surface area (Å²) in [5, 5.41) is 15.2. The van der Waals surface area contributed by atoms with Gasteiger partial charge in [-0.1, -0.05) is 191 Å². The van der Waals surface area contributed by atoms with E-state index in [1.165, 1.54) is 131 Å². The molecule has 13 aromatic carbocycles. The second-order valence-corrected chi connectivity index (χ2v) is 22.8. The van der Waals surface area contributed by atoms with Gasteiger partial charge in [0.1, 0.15) is 0 Å². The molecule has 79 heavy (non-hydrogen) atoms. The summed E-state index contributed by atoms with van der Waals surface area (Å²) in [4.78, 5) is 5.13. The molecule has 15 aromatic rings. The second kappa shape index (κ2) is 16.3. The number of rotatable bonds is 4. The fourth-order valence-electron chi connectivity index (χ4n) is 14.0. The SMILES string of the molecule is CC(C)(C)c1cc2c3c(c1)N(c1ccccc1)c1cc(-n4c5ccc6ccccc6c5c5c6ccccc6ccc54)ccc1B3c1ccc(-n3c4ccc5ccccc5c4c4c5ccccc5ccc43)cc1N2c1ccccc1. The zero-order valence-electron chi connectivity index (χ0n) is 44.1. The topological polar surface area (TPSA) is 16.3 Å². The Morgan fingerprint density at radius 2 is 0.620 bits per heavy atom. The first kappa shape index (κ1) is 44.3. The normalized spacial score (nSPS) is 13.2. The highest BCUT2D eigenvalue weighted by molar-refractivity contribution is 7.00. The minimum atomic E-state index is -0.168. The van der Waals surface area contributed by atoms with Gasteiger partial charge in [-0.25, -0.2) is 0 Å². The Kier molecular flexibility index (Phi) is 9.17. The van der Waals surface area contributed by atoms with E-state index in [9.17, 15) is 0 Å². The molecule has 4 nitrogen and oxygen atoms in total. The van der Waals surface area contributed by atoms with E-state index < -0.39 is 0 Å². The van der Waals surface area contributed by atoms with Gasteiger partial charge in [-0.2, -0.15) is 0 Å². The van der Waals surface area contributed by atoms with E-state index in [2.05, 4.69) is 294 Å². The number of aromatic nitrogens is 2. The van der Waals surface area contributed by atoms with Gasteiger partial charge < -0.3 is 18.9 Å². The van der Waals surface area contributed by atoms with Gasteiger partial charge in [-0.05, 0) is 155 Å². The molecule has 4 heterocycles. The highest BCUT2D eigenvalue weighted by atomic mass is 15.2. The van der Waals surface area contributed by atoms with Crippen LogP contribution < -0.4 is 26.2 Å². The second-order valence-electron chi connectivity index (χ2n) is 22.8. The number of hydrogen-bond acceptors (Lipinski definition) is 2. The van der Waals surface area contributed by atoms with Crippen molar-refractivity contribution in [2.75, 3.05) is 9.80 Å². The molecule has 2 aliphatic heterocycles. The number of para-hydroxylation sites is 2. The van der Waals surface area contributed by atoms with Crippen molar-refractivity contribution in [1.82, 2.24) is 9.13 Å². The highest BCUT2D eigenvalue weighted by Gasteiger charge is 2.44. The molecule has 2 aromatic heterocycles. The summed E-state index contributed by atoms with van der Waals surface area (Å²) in [6.45, 7) is 6.99. The van der Waals surface area contributed by atoms with E-state index in [0.717, 1.165) is 22.7 Å². The fraction of sp³-hybridized carbons (Fsp3) is 0.0541. The van der Waals surface area contributed by atoms with Crippen LogP contribution in [-0.2, 0) is 5.41 Å². The lowest BCUT2D eigenvalue weighted by Crippen LogP contribution is -2.61. The molecule has 0 saturated carbocycles. The molecule has 0 N–H and O–H groups in total. The predicted molar refractivity (Wildman–Crippen MR) is 338 cm³/mol. The molecule has 0 spiro atoms. The number of nitrogens with zero attached hydrogens (tertiary/aromatic N) is 4. The summed E-state index contributed by atoms with van der Waals surface area (Å²) in [6.07, 6.45) is 0. The maximum Gasteiger partial charge on any atom is 0.252 e. The zero-order chi connectivity index (χ0) is 52.3. The first-order chi connectivity index (χ1) is 38.9. The van der Waals surface area contributed by atoms with Gasteiger partial charge >= 0.3 is 0 Å². The molecule has 0 aliphatic carbocycles. The third-order valence-electron chi connectivity index (χ3n) is 17.5. The summed E-state index contributed by atoms with van der Waals surface area (Å²) in [6, 6.07) is 95.8. The summed E-state index contributed by atoms with van der Waals surface area (Å²) >= 11 is 0. The van der Waals surface area contributed by atoms with Crippen LogP contribution >= 0.6 is 0 Å². The van der Waals surface area contributed by atoms with Crippen LogP contribution in [0.2, 0.25) is 0 Å². The predicted octanol–water partition coefficient (Wildman–Crippen LogP) is 17.9. The average molecular weight is 1010 g/mol. The molecule has 17 rings (SSSR count). The van der Waals surface area contributed by atoms with Gasteiger partial charge in [0, 0.05) is 67.0 Å². The lowest BCUT2D eigenvalue weighted by molar-refractivity contribution is 0.590. The van der Waals surface area contributed by atoms with Gasteiger partial charge in [-0.15, -0.1) is 0 Å². The van der Waals surface area contributed by atoms with Crippen LogP contribution in [0, 0.1) is 0 Å². The standard InChI is InChI=1S/C74H51BN4/c1-74(2,3)50-42-67-73-68(43-50)77(52-24-8-5-9-25-52)66-45-54(79-63-40-32-48-20-12-16-28-57(48)71(63)72-58-29-17-13-21-49(58)33-41-64(72)79)35-37-60(66)75(73)59-36-34-53(44-65(59)76(67)51-22-6-4-7-23-51)78-61-38-30-46-18-10-14-26-55(46)69(61)70-56-27-15-11-19-47(56)31-39-62(70)78/h4-45H,1-3H3. The summed E-state index contributed by atoms with van der Waals surface area (Å²) in [7, 11) is 0. The van der Waals surface area contributed by atoms with Gasteiger partial charge in [0.05, 0.1) is 22.1 Å². The Labute approximate surface area is 458 Å². The average Bonchev–Trinajstić information content (AvgIpc) is 3.96. The van der Waals surface area contributed by atoms with Crippen molar-refractivity contribution in [2.24, 2.45) is 0 Å². The Hall–Kier alpha value is -9.84. The van der Waals surface area contributed by atoms with Crippen LogP contribution in [-0.4, -0.2) is 15.8 Å². The Balaban J connectivity index is 0.968. The number of fused-ring (bicyclic) bond motifs is 18. The van der Waals surface area contributed by atoms with E-state index in [0.29, 0.717) is 0 Å². The molecule has 370 valence electrons. The molecular weight excluding hydrogens is 956 g/mol. The molecule has 0 amide bonds. The summed E-state index contributed by atoms with van der Waals surface area (Å²) < 4.78 is 5.05. The fourth-order valence-corrected chi connectivity index (χ4v) is 14.0. The van der Waals surface area contributed by atoms with Crippen LogP contribution in [0.15, 0.2) is 255 Å². The highest BCUT2D eigenvalue weighted by Crippen LogP contribution is 2.49. The Bertz CT molecular complexity index is 4590. The van der Waals surface area contributed by atoms with E-state index in [1.807, 2.05) is 0 Å². The number of hydrogen-bond donors (Lipinski definition) is 0. The molecule has 2 aliphatic rings. The molecule has 0 radical (unpaired) electrons. The van der Waals surface area contributed by atoms with Crippen molar-refractivity contribution in [3.8, 4) is 11.4 Å². The molecule has 5 heteroatoms. The molecule has 0 atom stereocenters. The summed E-state index contributed by atoms with van der Waals surface area (Å²) in [5.74, 6) is 0. The van der Waals surface area contributed by atoms with Gasteiger partial charge in [0.15, 0.2) is 0 Å². The molecular formula is C74H51BN4. The van der Waals surface area contributed by atoms with Crippen molar-refractivity contribution in [3.63, 3.8) is 0 Å². The Morgan fingerprint density at radius 3 is 0.962 bits per heavy atom. The van der Waals surface area contributed by atoms with Crippen LogP contribution in [0.3, 0.4) is 0 Å². The summed E-state index contributed by atoms with van der Waals surface area (Å²) in [5.41, 5.74) is 19.1. The van der Waals surface area contributed by atoms with Crippen molar-refractivity contribution < 1.29 is 0 Å². The van der Waals surface area contributed by atoms with Crippen LogP contribution in [0.25, 0.3) is 98.1 Å². The monoisotopic (exact) mass is 1010 g/mol. The zero-order valence-corrected chi connectivity index (χ0v) is 44.1. The number of anilines is 6. The lowest BCUT2D eigenvalue weighted by Gasteiger charge is -2.45. The maximum absolute atomic E-state index is 2.57. The minimum Gasteiger partial charge on any atom is -0.311 e. The van der Waals surface area contributed by atoms with Gasteiger partial charge in [-0.3, -0.25) is 0 Å². The molecule has 0 unspecified atom stereocenters. The van der Waals surface area contributed by atoms with Crippen molar-refractivity contribution in [2.45, 2.75) is 26.2 Å². The van der Waals surface area contributed by atoms with Gasteiger partial charge in [0.25, 0.3) is 6.71 Å². The smallest absolute Gasteiger partial charge is 0.252 e. The first-order valence-electron chi connectivity index (χ1n) is 27.7. The van der Waals surface area contributed by atoms with Crippen LogP contribution in [0.4, 0.5) is 34.1 Å². The van der Waals surface area contributed by atoms with Crippen molar-refractivity contribution in [3.05, 3.63) is 260 Å². The molecule has 0 saturated heterocycles. The minimum absolute atomic E-state index is 0.0795. The van der Waals surface area contributed by atoms with Crippen LogP contribution in [0.1, 0.15) is 26.3 Å². The van der Waals surface area contributed by atoms with E-state index >= 15 is 0 Å². The largest absolute Gasteiger partial charge is 0.311 e. The van der Waals surface area contributed by atoms with Crippen LogP contribution in [0.5, 0.6) is 0 Å². The number of benzene rings is 13. The van der Waals surface area contributed by atoms with Crippen molar-refractivity contribution >= 4 is 144 Å². The Morgan fingerprint density at radius 1 is 0.291 bits per heavy atom. The van der Waals surface area contributed by atoms with E-state index in [-0.39, 0.29) is 12.1 Å². The van der Waals surface area contributed by atoms with E-state index in [1.54, 1.807) is 0 Å². The third-order valence-corrected chi connectivity index (χ3v) is 17.5. The third kappa shape index (κ3) is 6.27.